The number of sulfonamides is 1. The van der Waals surface area contributed by atoms with Crippen molar-refractivity contribution in [2.24, 2.45) is 0 Å². The molecule has 0 radical (unpaired) electrons. The minimum Gasteiger partial charge on any atom is -0.495 e. The highest BCUT2D eigenvalue weighted by atomic mass is 79.9. The lowest BCUT2D eigenvalue weighted by atomic mass is 10.2. The Morgan fingerprint density at radius 1 is 1.00 bits per heavy atom. The van der Waals surface area contributed by atoms with Crippen LogP contribution < -0.4 is 14.4 Å². The Morgan fingerprint density at radius 3 is 2.29 bits per heavy atom. The summed E-state index contributed by atoms with van der Waals surface area (Å²) in [5, 5.41) is 2.76. The molecule has 0 fully saturated rings. The summed E-state index contributed by atoms with van der Waals surface area (Å²) in [6.07, 6.45) is 0. The summed E-state index contributed by atoms with van der Waals surface area (Å²) < 4.78 is 34.4. The summed E-state index contributed by atoms with van der Waals surface area (Å²) in [5.41, 5.74) is 2.69. The van der Waals surface area contributed by atoms with Crippen molar-refractivity contribution in [2.45, 2.75) is 18.7 Å². The Hall–Kier alpha value is -2.84. The van der Waals surface area contributed by atoms with Crippen molar-refractivity contribution in [3.05, 3.63) is 82.3 Å². The molecule has 0 heterocycles. The fourth-order valence-electron chi connectivity index (χ4n) is 3.01. The molecule has 0 saturated heterocycles. The number of nitrogens with one attached hydrogen (secondary N) is 1. The zero-order chi connectivity index (χ0) is 22.6. The van der Waals surface area contributed by atoms with Gasteiger partial charge in [0, 0.05) is 4.47 Å². The molecule has 3 aromatic carbocycles. The molecule has 31 heavy (non-hydrogen) atoms. The predicted molar refractivity (Wildman–Crippen MR) is 126 cm³/mol. The lowest BCUT2D eigenvalue weighted by molar-refractivity contribution is -0.114. The van der Waals surface area contributed by atoms with Crippen LogP contribution in [-0.4, -0.2) is 28.0 Å². The molecule has 0 aromatic heterocycles. The number of para-hydroxylation sites is 1. The van der Waals surface area contributed by atoms with Crippen LogP contribution in [0.25, 0.3) is 0 Å². The summed E-state index contributed by atoms with van der Waals surface area (Å²) in [6, 6.07) is 19.0. The van der Waals surface area contributed by atoms with Crippen molar-refractivity contribution in [3.63, 3.8) is 0 Å². The monoisotopic (exact) mass is 502 g/mol. The van der Waals surface area contributed by atoms with Gasteiger partial charge in [0.15, 0.2) is 0 Å². The number of carbonyl (C=O) groups is 1. The minimum absolute atomic E-state index is 0.00395. The van der Waals surface area contributed by atoms with Crippen molar-refractivity contribution in [1.82, 2.24) is 0 Å². The number of aryl methyl sites for hydroxylation is 2. The molecule has 0 atom stereocenters. The number of methoxy groups -OCH3 is 1. The highest BCUT2D eigenvalue weighted by molar-refractivity contribution is 9.10. The Labute approximate surface area is 191 Å². The molecule has 0 aliphatic heterocycles. The van der Waals surface area contributed by atoms with Crippen LogP contribution in [0.5, 0.6) is 5.75 Å². The molecule has 0 aliphatic rings. The van der Waals surface area contributed by atoms with Crippen LogP contribution >= 0.6 is 15.9 Å². The van der Waals surface area contributed by atoms with Gasteiger partial charge in [-0.2, -0.15) is 0 Å². The van der Waals surface area contributed by atoms with Crippen molar-refractivity contribution < 1.29 is 17.9 Å². The van der Waals surface area contributed by atoms with Gasteiger partial charge in [-0.25, -0.2) is 8.42 Å². The van der Waals surface area contributed by atoms with Crippen molar-refractivity contribution in [3.8, 4) is 5.75 Å². The molecule has 0 aliphatic carbocycles. The van der Waals surface area contributed by atoms with E-state index < -0.39 is 22.5 Å². The number of nitrogens with zero attached hydrogens (tertiary/aromatic N) is 1. The number of amides is 1. The van der Waals surface area contributed by atoms with Crippen LogP contribution in [0.1, 0.15) is 11.1 Å². The zero-order valence-electron chi connectivity index (χ0n) is 17.4. The number of benzene rings is 3. The molecule has 1 amide bonds. The maximum absolute atomic E-state index is 13.7. The second-order valence-electron chi connectivity index (χ2n) is 7.03. The molecular formula is C23H23BrN2O4S. The average molecular weight is 503 g/mol. The number of rotatable bonds is 7. The maximum atomic E-state index is 13.7. The highest BCUT2D eigenvalue weighted by Gasteiger charge is 2.30. The van der Waals surface area contributed by atoms with Gasteiger partial charge < -0.3 is 10.1 Å². The molecule has 0 spiro atoms. The molecule has 8 heteroatoms. The van der Waals surface area contributed by atoms with E-state index in [1.807, 2.05) is 13.0 Å². The third-order valence-corrected chi connectivity index (χ3v) is 7.13. The molecule has 3 rings (SSSR count). The van der Waals surface area contributed by atoms with Gasteiger partial charge in [-0.1, -0.05) is 35.9 Å². The van der Waals surface area contributed by atoms with Gasteiger partial charge in [0.05, 0.1) is 18.5 Å². The first-order chi connectivity index (χ1) is 14.7. The summed E-state index contributed by atoms with van der Waals surface area (Å²) in [5.74, 6) is -0.253. The van der Waals surface area contributed by atoms with Gasteiger partial charge in [0.2, 0.25) is 5.91 Å². The van der Waals surface area contributed by atoms with E-state index in [1.54, 1.807) is 67.6 Å². The van der Waals surface area contributed by atoms with Gasteiger partial charge in [0.1, 0.15) is 17.2 Å². The van der Waals surface area contributed by atoms with E-state index in [0.717, 1.165) is 15.4 Å². The zero-order valence-corrected chi connectivity index (χ0v) is 19.8. The van der Waals surface area contributed by atoms with E-state index in [2.05, 4.69) is 21.2 Å². The lowest BCUT2D eigenvalue weighted by Gasteiger charge is -2.25. The molecule has 0 unspecified atom stereocenters. The van der Waals surface area contributed by atoms with E-state index in [9.17, 15) is 13.2 Å². The quantitative estimate of drug-likeness (QED) is 0.497. The third-order valence-electron chi connectivity index (χ3n) is 4.64. The van der Waals surface area contributed by atoms with Crippen molar-refractivity contribution in [1.29, 1.82) is 0 Å². The smallest absolute Gasteiger partial charge is 0.268 e. The summed E-state index contributed by atoms with van der Waals surface area (Å²) in [7, 11) is -2.68. The van der Waals surface area contributed by atoms with Gasteiger partial charge in [-0.3, -0.25) is 9.10 Å². The Kier molecular flexibility index (Phi) is 7.02. The van der Waals surface area contributed by atoms with E-state index in [4.69, 9.17) is 4.74 Å². The Balaban J connectivity index is 2.03. The van der Waals surface area contributed by atoms with E-state index in [1.165, 1.54) is 7.11 Å². The molecule has 0 saturated carbocycles. The number of carbonyl (C=O) groups excluding carboxylic acids is 1. The average Bonchev–Trinajstić information content (AvgIpc) is 2.74. The van der Waals surface area contributed by atoms with E-state index in [0.29, 0.717) is 15.8 Å². The molecule has 3 aromatic rings. The van der Waals surface area contributed by atoms with E-state index in [-0.39, 0.29) is 10.6 Å². The third kappa shape index (κ3) is 5.26. The fourth-order valence-corrected chi connectivity index (χ4v) is 5.06. The number of halogens is 1. The SMILES string of the molecule is COc1ccc(C)cc1S(=O)(=O)N(CC(=O)Nc1ccccc1Br)c1ccc(C)cc1. The number of anilines is 2. The topological polar surface area (TPSA) is 75.7 Å². The first-order valence-corrected chi connectivity index (χ1v) is 11.7. The molecule has 162 valence electrons. The molecule has 1 N–H and O–H groups in total. The summed E-state index contributed by atoms with van der Waals surface area (Å²) in [4.78, 5) is 12.8. The van der Waals surface area contributed by atoms with Crippen molar-refractivity contribution in [2.75, 3.05) is 23.3 Å². The van der Waals surface area contributed by atoms with Crippen LogP contribution in [0.4, 0.5) is 11.4 Å². The number of ether oxygens (including phenoxy) is 1. The predicted octanol–water partition coefficient (Wildman–Crippen LogP) is 4.91. The van der Waals surface area contributed by atoms with E-state index >= 15 is 0 Å². The number of hydrogen-bond donors (Lipinski definition) is 1. The van der Waals surface area contributed by atoms with Gasteiger partial charge >= 0.3 is 0 Å². The van der Waals surface area contributed by atoms with Crippen LogP contribution in [0.15, 0.2) is 76.1 Å². The second kappa shape index (κ2) is 9.53. The lowest BCUT2D eigenvalue weighted by Crippen LogP contribution is -2.38. The standard InChI is InChI=1S/C23H23BrN2O4S/c1-16-8-11-18(12-9-16)26(15-23(27)25-20-7-5-4-6-19(20)24)31(28,29)22-14-17(2)10-13-21(22)30-3/h4-14H,15H2,1-3H3,(H,25,27). The van der Waals surface area contributed by atoms with Crippen LogP contribution in [-0.2, 0) is 14.8 Å². The summed E-state index contributed by atoms with van der Waals surface area (Å²) >= 11 is 3.38. The van der Waals surface area contributed by atoms with Gasteiger partial charge in [-0.05, 0) is 71.7 Å². The summed E-state index contributed by atoms with van der Waals surface area (Å²) in [6.45, 7) is 3.31. The van der Waals surface area contributed by atoms with Crippen LogP contribution in [0, 0.1) is 13.8 Å². The number of hydrogen-bond acceptors (Lipinski definition) is 4. The maximum Gasteiger partial charge on any atom is 0.268 e. The molecule has 6 nitrogen and oxygen atoms in total. The van der Waals surface area contributed by atoms with Crippen LogP contribution in [0.3, 0.4) is 0 Å². The minimum atomic E-state index is -4.09. The molecule has 0 bridgehead atoms. The van der Waals surface area contributed by atoms with Gasteiger partial charge in [-0.15, -0.1) is 0 Å². The highest BCUT2D eigenvalue weighted by Crippen LogP contribution is 2.31. The Bertz CT molecular complexity index is 1190. The normalized spacial score (nSPS) is 11.1. The molecular weight excluding hydrogens is 480 g/mol. The fraction of sp³-hybridized carbons (Fsp3) is 0.174. The van der Waals surface area contributed by atoms with Crippen LogP contribution in [0.2, 0.25) is 0 Å². The Morgan fingerprint density at radius 2 is 1.65 bits per heavy atom. The first kappa shape index (κ1) is 22.8. The van der Waals surface area contributed by atoms with Gasteiger partial charge in [0.25, 0.3) is 10.0 Å². The second-order valence-corrected chi connectivity index (χ2v) is 9.71. The largest absolute Gasteiger partial charge is 0.495 e. The first-order valence-electron chi connectivity index (χ1n) is 9.51. The van der Waals surface area contributed by atoms with Crippen molar-refractivity contribution >= 4 is 43.2 Å².